The number of anilines is 1. The fourth-order valence-electron chi connectivity index (χ4n) is 1.35. The molecule has 1 aromatic carbocycles. The summed E-state index contributed by atoms with van der Waals surface area (Å²) in [5, 5.41) is 2.92. The van der Waals surface area contributed by atoms with E-state index in [1.54, 1.807) is 11.3 Å². The van der Waals surface area contributed by atoms with Gasteiger partial charge in [-0.3, -0.25) is 0 Å². The highest BCUT2D eigenvalue weighted by molar-refractivity contribution is 7.10. The summed E-state index contributed by atoms with van der Waals surface area (Å²) in [4.78, 5) is 4.46. The summed E-state index contributed by atoms with van der Waals surface area (Å²) in [6.45, 7) is 4.26. The van der Waals surface area contributed by atoms with Crippen LogP contribution in [0.3, 0.4) is 0 Å². The molecule has 0 aliphatic heterocycles. The number of hydrogen-bond acceptors (Lipinski definition) is 3. The normalized spacial score (nSPS) is 10.1. The molecule has 0 unspecified atom stereocenters. The molecular formula is C14H14N2S. The first-order chi connectivity index (χ1) is 8.15. The van der Waals surface area contributed by atoms with Crippen molar-refractivity contribution in [3.8, 4) is 11.8 Å². The summed E-state index contributed by atoms with van der Waals surface area (Å²) in [6.07, 6.45) is 0. The predicted molar refractivity (Wildman–Crippen MR) is 73.0 cm³/mol. The van der Waals surface area contributed by atoms with Crippen LogP contribution in [-0.4, -0.2) is 4.98 Å². The molecular weight excluding hydrogens is 228 g/mol. The molecule has 0 bridgehead atoms. The molecule has 0 amide bonds. The van der Waals surface area contributed by atoms with Crippen molar-refractivity contribution in [1.29, 1.82) is 0 Å². The lowest BCUT2D eigenvalue weighted by Gasteiger charge is -1.95. The smallest absolute Gasteiger partial charge is 0.167 e. The minimum atomic E-state index is 0.453. The van der Waals surface area contributed by atoms with E-state index in [4.69, 9.17) is 5.73 Å². The maximum atomic E-state index is 5.69. The van der Waals surface area contributed by atoms with E-state index in [0.717, 1.165) is 22.0 Å². The van der Waals surface area contributed by atoms with E-state index >= 15 is 0 Å². The summed E-state index contributed by atoms with van der Waals surface area (Å²) in [7, 11) is 0. The topological polar surface area (TPSA) is 38.9 Å². The van der Waals surface area contributed by atoms with Crippen molar-refractivity contribution in [3.05, 3.63) is 45.9 Å². The maximum Gasteiger partial charge on any atom is 0.167 e. The van der Waals surface area contributed by atoms with Crippen molar-refractivity contribution in [1.82, 2.24) is 4.98 Å². The Hall–Kier alpha value is -1.79. The summed E-state index contributed by atoms with van der Waals surface area (Å²) in [5.41, 5.74) is 8.45. The molecule has 0 saturated carbocycles. The van der Waals surface area contributed by atoms with Crippen LogP contribution in [0.4, 0.5) is 5.69 Å². The zero-order valence-corrected chi connectivity index (χ0v) is 10.7. The molecule has 0 saturated heterocycles. The highest BCUT2D eigenvalue weighted by Crippen LogP contribution is 2.17. The molecule has 2 rings (SSSR count). The standard InChI is InChI=1S/C14H14N2S/c1-10(2)13-9-17-14(16-13)7-6-11-4-3-5-12(15)8-11/h3-5,8-10H,15H2,1-2H3. The monoisotopic (exact) mass is 242 g/mol. The SMILES string of the molecule is CC(C)c1csc(C#Cc2cccc(N)c2)n1. The second kappa shape index (κ2) is 5.03. The van der Waals surface area contributed by atoms with Crippen molar-refractivity contribution in [3.63, 3.8) is 0 Å². The number of aromatic nitrogens is 1. The van der Waals surface area contributed by atoms with Gasteiger partial charge in [0.1, 0.15) is 0 Å². The Labute approximate surface area is 106 Å². The number of thiazole rings is 1. The van der Waals surface area contributed by atoms with Crippen molar-refractivity contribution in [2.24, 2.45) is 0 Å². The number of nitrogens with two attached hydrogens (primary N) is 1. The Balaban J connectivity index is 2.21. The van der Waals surface area contributed by atoms with Gasteiger partial charge in [0.25, 0.3) is 0 Å². The van der Waals surface area contributed by atoms with Gasteiger partial charge in [-0.05, 0) is 30.0 Å². The summed E-state index contributed by atoms with van der Waals surface area (Å²) in [6, 6.07) is 7.57. The summed E-state index contributed by atoms with van der Waals surface area (Å²) >= 11 is 1.59. The number of hydrogen-bond donors (Lipinski definition) is 1. The Kier molecular flexibility index (Phi) is 3.46. The molecule has 3 heteroatoms. The van der Waals surface area contributed by atoms with Gasteiger partial charge in [0.05, 0.1) is 5.69 Å². The number of nitrogen functional groups attached to an aromatic ring is 1. The van der Waals surface area contributed by atoms with Crippen LogP contribution in [0, 0.1) is 11.8 Å². The second-order valence-corrected chi connectivity index (χ2v) is 4.97. The third-order valence-electron chi connectivity index (χ3n) is 2.31. The first-order valence-electron chi connectivity index (χ1n) is 5.48. The fourth-order valence-corrected chi connectivity index (χ4v) is 2.18. The van der Waals surface area contributed by atoms with Crippen LogP contribution in [-0.2, 0) is 0 Å². The van der Waals surface area contributed by atoms with E-state index < -0.39 is 0 Å². The van der Waals surface area contributed by atoms with Gasteiger partial charge in [-0.25, -0.2) is 4.98 Å². The van der Waals surface area contributed by atoms with E-state index in [2.05, 4.69) is 36.1 Å². The maximum absolute atomic E-state index is 5.69. The minimum absolute atomic E-state index is 0.453. The van der Waals surface area contributed by atoms with Crippen LogP contribution in [0.15, 0.2) is 29.6 Å². The molecule has 1 aromatic heterocycles. The first kappa shape index (κ1) is 11.7. The lowest BCUT2D eigenvalue weighted by atomic mass is 10.2. The van der Waals surface area contributed by atoms with Gasteiger partial charge in [-0.2, -0.15) is 0 Å². The largest absolute Gasteiger partial charge is 0.399 e. The highest BCUT2D eigenvalue weighted by Gasteiger charge is 2.03. The third kappa shape index (κ3) is 3.08. The predicted octanol–water partition coefficient (Wildman–Crippen LogP) is 3.25. The quantitative estimate of drug-likeness (QED) is 0.616. The van der Waals surface area contributed by atoms with Crippen LogP contribution >= 0.6 is 11.3 Å². The highest BCUT2D eigenvalue weighted by atomic mass is 32.1. The van der Waals surface area contributed by atoms with Crippen molar-refractivity contribution in [2.45, 2.75) is 19.8 Å². The molecule has 2 N–H and O–H groups in total. The van der Waals surface area contributed by atoms with Gasteiger partial charge in [-0.1, -0.05) is 25.8 Å². The first-order valence-corrected chi connectivity index (χ1v) is 6.36. The molecule has 2 nitrogen and oxygen atoms in total. The third-order valence-corrected chi connectivity index (χ3v) is 3.09. The van der Waals surface area contributed by atoms with E-state index in [9.17, 15) is 0 Å². The molecule has 0 atom stereocenters. The molecule has 0 fully saturated rings. The van der Waals surface area contributed by atoms with Gasteiger partial charge in [0.2, 0.25) is 0 Å². The van der Waals surface area contributed by atoms with Crippen LogP contribution in [0.2, 0.25) is 0 Å². The zero-order valence-electron chi connectivity index (χ0n) is 9.90. The van der Waals surface area contributed by atoms with Crippen LogP contribution < -0.4 is 5.73 Å². The Morgan fingerprint density at radius 1 is 1.29 bits per heavy atom. The molecule has 0 spiro atoms. The molecule has 0 aliphatic rings. The average Bonchev–Trinajstić information content (AvgIpc) is 2.75. The van der Waals surface area contributed by atoms with Crippen molar-refractivity contribution in [2.75, 3.05) is 5.73 Å². The minimum Gasteiger partial charge on any atom is -0.399 e. The van der Waals surface area contributed by atoms with E-state index in [1.165, 1.54) is 0 Å². The second-order valence-electron chi connectivity index (χ2n) is 4.11. The zero-order chi connectivity index (χ0) is 12.3. The van der Waals surface area contributed by atoms with E-state index in [-0.39, 0.29) is 0 Å². The lowest BCUT2D eigenvalue weighted by Crippen LogP contribution is -1.86. The molecule has 17 heavy (non-hydrogen) atoms. The van der Waals surface area contributed by atoms with Crippen LogP contribution in [0.25, 0.3) is 0 Å². The van der Waals surface area contributed by atoms with Gasteiger partial charge >= 0.3 is 0 Å². The van der Waals surface area contributed by atoms with Crippen LogP contribution in [0.1, 0.15) is 36.0 Å². The molecule has 86 valence electrons. The lowest BCUT2D eigenvalue weighted by molar-refractivity contribution is 0.831. The van der Waals surface area contributed by atoms with Gasteiger partial charge < -0.3 is 5.73 Å². The van der Waals surface area contributed by atoms with E-state index in [0.29, 0.717) is 5.92 Å². The number of benzene rings is 1. The Morgan fingerprint density at radius 2 is 2.12 bits per heavy atom. The Bertz CT molecular complexity index is 573. The molecule has 1 heterocycles. The number of rotatable bonds is 1. The summed E-state index contributed by atoms with van der Waals surface area (Å²) < 4.78 is 0. The fraction of sp³-hybridized carbons (Fsp3) is 0.214. The van der Waals surface area contributed by atoms with Gasteiger partial charge in [-0.15, -0.1) is 11.3 Å². The van der Waals surface area contributed by atoms with Gasteiger partial charge in [0.15, 0.2) is 5.01 Å². The summed E-state index contributed by atoms with van der Waals surface area (Å²) in [5.74, 6) is 6.59. The average molecular weight is 242 g/mol. The number of nitrogens with zero attached hydrogens (tertiary/aromatic N) is 1. The van der Waals surface area contributed by atoms with Crippen molar-refractivity contribution >= 4 is 17.0 Å². The Morgan fingerprint density at radius 3 is 2.76 bits per heavy atom. The molecule has 0 radical (unpaired) electrons. The van der Waals surface area contributed by atoms with Crippen molar-refractivity contribution < 1.29 is 0 Å². The van der Waals surface area contributed by atoms with Crippen LogP contribution in [0.5, 0.6) is 0 Å². The molecule has 2 aromatic rings. The van der Waals surface area contributed by atoms with E-state index in [1.807, 2.05) is 24.3 Å². The molecule has 0 aliphatic carbocycles. The van der Waals surface area contributed by atoms with Gasteiger partial charge in [0, 0.05) is 16.6 Å².